The van der Waals surface area contributed by atoms with Crippen molar-refractivity contribution in [3.05, 3.63) is 9.33 Å². The first-order valence-electron chi connectivity index (χ1n) is 2.29. The normalized spacial score (nSPS) is 10.7. The highest BCUT2D eigenvalue weighted by atomic mass is 32.2. The molecule has 2 aromatic heterocycles. The number of H-pyrrole nitrogens is 1. The van der Waals surface area contributed by atoms with Gasteiger partial charge in [0.05, 0.1) is 10.9 Å². The number of aromatic nitrogens is 2. The summed E-state index contributed by atoms with van der Waals surface area (Å²) < 4.78 is 2.11. The molecule has 9 heavy (non-hydrogen) atoms. The molecule has 0 atom stereocenters. The molecule has 0 fully saturated rings. The van der Waals surface area contributed by atoms with Crippen molar-refractivity contribution in [2.24, 2.45) is 0 Å². The predicted molar refractivity (Wildman–Crippen MR) is 42.7 cm³/mol. The van der Waals surface area contributed by atoms with Crippen LogP contribution in [0.4, 0.5) is 0 Å². The zero-order valence-electron chi connectivity index (χ0n) is 4.25. The van der Waals surface area contributed by atoms with E-state index in [-0.39, 0.29) is 0 Å². The van der Waals surface area contributed by atoms with E-state index in [0.717, 1.165) is 12.7 Å². The van der Waals surface area contributed by atoms with Gasteiger partial charge in [0.15, 0.2) is 0 Å². The Morgan fingerprint density at radius 1 is 1.56 bits per heavy atom. The van der Waals surface area contributed by atoms with Gasteiger partial charge in [0.25, 0.3) is 0 Å². The molecule has 46 valence electrons. The third-order valence-electron chi connectivity index (χ3n) is 0.950. The van der Waals surface area contributed by atoms with Gasteiger partial charge in [-0.1, -0.05) is 23.6 Å². The lowest BCUT2D eigenvalue weighted by atomic mass is 10.7. The fourth-order valence-electron chi connectivity index (χ4n) is 0.603. The number of rotatable bonds is 0. The van der Waals surface area contributed by atoms with E-state index in [2.05, 4.69) is 10.2 Å². The number of hydrogen-bond donors (Lipinski definition) is 1. The molecule has 0 aliphatic rings. The number of nitrogens with zero attached hydrogens (tertiary/aromatic N) is 1. The zero-order valence-corrected chi connectivity index (χ0v) is 6.70. The van der Waals surface area contributed by atoms with E-state index in [1.54, 1.807) is 28.9 Å². The van der Waals surface area contributed by atoms with Crippen molar-refractivity contribution in [3.8, 4) is 0 Å². The van der Waals surface area contributed by atoms with Crippen molar-refractivity contribution in [2.75, 3.05) is 0 Å². The van der Waals surface area contributed by atoms with Crippen LogP contribution < -0.4 is 0 Å². The quantitative estimate of drug-likeness (QED) is 0.621. The Morgan fingerprint density at radius 2 is 2.44 bits per heavy atom. The molecular formula is C4H2N2S3. The number of hydrogen-bond acceptors (Lipinski definition) is 4. The van der Waals surface area contributed by atoms with Gasteiger partial charge in [-0.25, -0.2) is 0 Å². The van der Waals surface area contributed by atoms with E-state index in [4.69, 9.17) is 12.2 Å². The summed E-state index contributed by atoms with van der Waals surface area (Å²) in [4.78, 5) is 1.09. The molecule has 0 radical (unpaired) electrons. The summed E-state index contributed by atoms with van der Waals surface area (Å²) in [5, 5.41) is 6.70. The maximum absolute atomic E-state index is 4.96. The fraction of sp³-hybridized carbons (Fsp3) is 0. The van der Waals surface area contributed by atoms with Crippen LogP contribution in [-0.2, 0) is 0 Å². The molecule has 0 amide bonds. The highest BCUT2D eigenvalue weighted by molar-refractivity contribution is 7.77. The second-order valence-corrected chi connectivity index (χ2v) is 4.77. The second kappa shape index (κ2) is 1.86. The maximum Gasteiger partial charge on any atom is 0.146 e. The molecule has 0 aliphatic heterocycles. The third kappa shape index (κ3) is 0.810. The summed E-state index contributed by atoms with van der Waals surface area (Å²) in [7, 11) is 0. The van der Waals surface area contributed by atoms with E-state index in [0.29, 0.717) is 0 Å². The summed E-state index contributed by atoms with van der Waals surface area (Å²) in [6.45, 7) is 0. The average Bonchev–Trinajstić information content (AvgIpc) is 2.22. The molecule has 2 nitrogen and oxygen atoms in total. The van der Waals surface area contributed by atoms with Crippen molar-refractivity contribution in [2.45, 2.75) is 0 Å². The van der Waals surface area contributed by atoms with Gasteiger partial charge in [-0.2, -0.15) is 5.10 Å². The second-order valence-electron chi connectivity index (χ2n) is 1.52. The minimum atomic E-state index is 0.957. The Bertz CT molecular complexity index is 336. The van der Waals surface area contributed by atoms with Gasteiger partial charge in [0.2, 0.25) is 0 Å². The topological polar surface area (TPSA) is 28.7 Å². The summed E-state index contributed by atoms with van der Waals surface area (Å²) in [5.74, 6) is 0. The molecule has 2 aromatic rings. The highest BCUT2D eigenvalue weighted by Crippen LogP contribution is 2.24. The zero-order chi connectivity index (χ0) is 6.27. The molecule has 0 aliphatic carbocycles. The molecule has 0 bridgehead atoms. The molecule has 0 aromatic carbocycles. The van der Waals surface area contributed by atoms with Crippen LogP contribution in [0.5, 0.6) is 0 Å². The van der Waals surface area contributed by atoms with Gasteiger partial charge in [-0.15, -0.1) is 11.3 Å². The van der Waals surface area contributed by atoms with Crippen molar-refractivity contribution in [1.82, 2.24) is 10.2 Å². The Kier molecular flexibility index (Phi) is 1.14. The van der Waals surface area contributed by atoms with Gasteiger partial charge in [0, 0.05) is 0 Å². The average molecular weight is 174 g/mol. The van der Waals surface area contributed by atoms with Gasteiger partial charge in [-0.05, 0) is 0 Å². The first kappa shape index (κ1) is 5.52. The maximum atomic E-state index is 4.96. The Balaban J connectivity index is 3.08. The molecule has 0 saturated carbocycles. The molecule has 0 unspecified atom stereocenters. The van der Waals surface area contributed by atoms with Crippen LogP contribution >= 0.6 is 34.9 Å². The van der Waals surface area contributed by atoms with E-state index in [9.17, 15) is 0 Å². The van der Waals surface area contributed by atoms with Crippen LogP contribution in [0, 0.1) is 3.14 Å². The summed E-state index contributed by atoms with van der Waals surface area (Å²) in [5.41, 5.74) is 0. The molecule has 5 heteroatoms. The molecule has 2 rings (SSSR count). The van der Waals surface area contributed by atoms with Crippen molar-refractivity contribution < 1.29 is 0 Å². The van der Waals surface area contributed by atoms with Crippen LogP contribution in [0.2, 0.25) is 0 Å². The van der Waals surface area contributed by atoms with E-state index in [1.807, 2.05) is 0 Å². The highest BCUT2D eigenvalue weighted by Gasteiger charge is 1.96. The predicted octanol–water partition coefficient (Wildman–Crippen LogP) is 2.42. The van der Waals surface area contributed by atoms with E-state index in [1.165, 1.54) is 0 Å². The minimum absolute atomic E-state index is 0.957. The molecular weight excluding hydrogens is 172 g/mol. The Labute approximate surface area is 64.2 Å². The molecule has 0 spiro atoms. The summed E-state index contributed by atoms with van der Waals surface area (Å²) in [6.07, 6.45) is 1.80. The lowest BCUT2D eigenvalue weighted by molar-refractivity contribution is 1.13. The van der Waals surface area contributed by atoms with Crippen LogP contribution in [0.1, 0.15) is 0 Å². The lowest BCUT2D eigenvalue weighted by Crippen LogP contribution is -1.57. The first-order chi connectivity index (χ1) is 4.36. The monoisotopic (exact) mass is 174 g/mol. The van der Waals surface area contributed by atoms with Crippen LogP contribution in [0.3, 0.4) is 0 Å². The molecule has 1 N–H and O–H groups in total. The van der Waals surface area contributed by atoms with Crippen molar-refractivity contribution >= 4 is 44.4 Å². The van der Waals surface area contributed by atoms with Gasteiger partial charge >= 0.3 is 0 Å². The van der Waals surface area contributed by atoms with Crippen LogP contribution in [-0.4, -0.2) is 10.2 Å². The summed E-state index contributed by atoms with van der Waals surface area (Å²) in [6, 6.07) is 0. The molecule has 2 heterocycles. The Hall–Kier alpha value is -0.260. The van der Waals surface area contributed by atoms with Gasteiger partial charge < -0.3 is 0 Å². The number of aromatic amines is 1. The van der Waals surface area contributed by atoms with E-state index >= 15 is 0 Å². The standard InChI is InChI=1S/C4H2N2S3/c7-4-8-2-1-5-6-3(2)9-4/h1H,(H,5,6). The number of fused-ring (bicyclic) bond motifs is 1. The fourth-order valence-corrected chi connectivity index (χ4v) is 2.90. The smallest absolute Gasteiger partial charge is 0.146 e. The first-order valence-corrected chi connectivity index (χ1v) is 4.33. The van der Waals surface area contributed by atoms with E-state index < -0.39 is 0 Å². The Morgan fingerprint density at radius 3 is 3.22 bits per heavy atom. The number of nitrogens with one attached hydrogen (secondary N) is 1. The largest absolute Gasteiger partial charge is 0.267 e. The minimum Gasteiger partial charge on any atom is -0.267 e. The molecule has 0 saturated heterocycles. The van der Waals surface area contributed by atoms with Crippen LogP contribution in [0.25, 0.3) is 9.53 Å². The van der Waals surface area contributed by atoms with Gasteiger partial charge in [-0.3, -0.25) is 5.10 Å². The van der Waals surface area contributed by atoms with Crippen LogP contribution in [0.15, 0.2) is 6.20 Å². The van der Waals surface area contributed by atoms with Gasteiger partial charge in [0.1, 0.15) is 7.97 Å². The summed E-state index contributed by atoms with van der Waals surface area (Å²) >= 11 is 8.13. The van der Waals surface area contributed by atoms with Crippen molar-refractivity contribution in [3.63, 3.8) is 0 Å². The van der Waals surface area contributed by atoms with Crippen molar-refractivity contribution in [1.29, 1.82) is 0 Å². The lowest BCUT2D eigenvalue weighted by Gasteiger charge is -1.63. The SMILES string of the molecule is S=c1sc2cn[nH]c2s1. The third-order valence-corrected chi connectivity index (χ3v) is 3.46.